The lowest BCUT2D eigenvalue weighted by atomic mass is 10.1. The predicted octanol–water partition coefficient (Wildman–Crippen LogP) is 2.57. The number of hydrogen-bond donors (Lipinski definition) is 0. The monoisotopic (exact) mass is 153 g/mol. The Morgan fingerprint density at radius 2 is 2.36 bits per heavy atom. The minimum absolute atomic E-state index is 0.674. The fourth-order valence-corrected chi connectivity index (χ4v) is 0.938. The van der Waals surface area contributed by atoms with Crippen LogP contribution in [0.15, 0.2) is 10.6 Å². The van der Waals surface area contributed by atoms with Crippen molar-refractivity contribution < 1.29 is 4.42 Å². The van der Waals surface area contributed by atoms with Crippen molar-refractivity contribution >= 4 is 0 Å². The van der Waals surface area contributed by atoms with E-state index in [2.05, 4.69) is 18.8 Å². The Kier molecular flexibility index (Phi) is 2.69. The smallest absolute Gasteiger partial charge is 0.194 e. The van der Waals surface area contributed by atoms with Crippen LogP contribution in [-0.4, -0.2) is 4.98 Å². The van der Waals surface area contributed by atoms with Gasteiger partial charge >= 0.3 is 0 Å². The van der Waals surface area contributed by atoms with Crippen LogP contribution in [0.3, 0.4) is 0 Å². The van der Waals surface area contributed by atoms with E-state index in [0.717, 1.165) is 18.1 Å². The standard InChI is InChI=1S/C9H15NO/c1-4-7(2)5-9-10-6-8(3)11-9/h6-7H,4-5H2,1-3H3. The summed E-state index contributed by atoms with van der Waals surface area (Å²) in [5.41, 5.74) is 0. The Morgan fingerprint density at radius 1 is 1.64 bits per heavy atom. The summed E-state index contributed by atoms with van der Waals surface area (Å²) in [7, 11) is 0. The van der Waals surface area contributed by atoms with Crippen molar-refractivity contribution in [3.8, 4) is 0 Å². The summed E-state index contributed by atoms with van der Waals surface area (Å²) in [5, 5.41) is 0. The highest BCUT2D eigenvalue weighted by molar-refractivity contribution is 4.91. The molecule has 1 atom stereocenters. The molecule has 2 heteroatoms. The van der Waals surface area contributed by atoms with Gasteiger partial charge in [-0.2, -0.15) is 0 Å². The lowest BCUT2D eigenvalue weighted by Gasteiger charge is -2.02. The molecular formula is C9H15NO. The van der Waals surface area contributed by atoms with E-state index in [4.69, 9.17) is 4.42 Å². The van der Waals surface area contributed by atoms with Crippen LogP contribution in [0.4, 0.5) is 0 Å². The molecule has 1 rings (SSSR count). The highest BCUT2D eigenvalue weighted by Gasteiger charge is 2.05. The number of aryl methyl sites for hydroxylation is 1. The fraction of sp³-hybridized carbons (Fsp3) is 0.667. The van der Waals surface area contributed by atoms with Gasteiger partial charge in [-0.25, -0.2) is 4.98 Å². The third-order valence-electron chi connectivity index (χ3n) is 1.89. The topological polar surface area (TPSA) is 26.0 Å². The molecule has 1 aromatic rings. The van der Waals surface area contributed by atoms with E-state index < -0.39 is 0 Å². The van der Waals surface area contributed by atoms with Gasteiger partial charge in [0.1, 0.15) is 5.76 Å². The zero-order valence-corrected chi connectivity index (χ0v) is 7.42. The van der Waals surface area contributed by atoms with Crippen molar-refractivity contribution in [1.82, 2.24) is 4.98 Å². The Balaban J connectivity index is 2.50. The second kappa shape index (κ2) is 3.56. The van der Waals surface area contributed by atoms with Crippen molar-refractivity contribution in [1.29, 1.82) is 0 Å². The van der Waals surface area contributed by atoms with Crippen molar-refractivity contribution in [3.05, 3.63) is 17.8 Å². The van der Waals surface area contributed by atoms with Gasteiger partial charge in [0.25, 0.3) is 0 Å². The average Bonchev–Trinajstić information content (AvgIpc) is 2.35. The largest absolute Gasteiger partial charge is 0.446 e. The molecule has 1 heterocycles. The SMILES string of the molecule is CCC(C)Cc1ncc(C)o1. The zero-order valence-electron chi connectivity index (χ0n) is 7.42. The fourth-order valence-electron chi connectivity index (χ4n) is 0.938. The minimum atomic E-state index is 0.674. The zero-order chi connectivity index (χ0) is 8.27. The Labute approximate surface area is 67.6 Å². The highest BCUT2D eigenvalue weighted by Crippen LogP contribution is 2.10. The molecule has 1 aromatic heterocycles. The molecule has 0 aliphatic rings. The predicted molar refractivity (Wildman–Crippen MR) is 44.4 cm³/mol. The summed E-state index contributed by atoms with van der Waals surface area (Å²) in [5.74, 6) is 2.45. The second-order valence-corrected chi connectivity index (χ2v) is 3.08. The van der Waals surface area contributed by atoms with E-state index in [1.54, 1.807) is 6.20 Å². The molecule has 11 heavy (non-hydrogen) atoms. The van der Waals surface area contributed by atoms with Crippen LogP contribution in [0.5, 0.6) is 0 Å². The van der Waals surface area contributed by atoms with Crippen LogP contribution in [0, 0.1) is 12.8 Å². The Bertz CT molecular complexity index is 217. The highest BCUT2D eigenvalue weighted by atomic mass is 16.3. The molecule has 0 aliphatic carbocycles. The number of oxazole rings is 1. The number of aromatic nitrogens is 1. The second-order valence-electron chi connectivity index (χ2n) is 3.08. The van der Waals surface area contributed by atoms with Gasteiger partial charge in [0.05, 0.1) is 6.20 Å². The summed E-state index contributed by atoms with van der Waals surface area (Å²) in [6.07, 6.45) is 3.92. The third kappa shape index (κ3) is 2.37. The van der Waals surface area contributed by atoms with E-state index in [1.165, 1.54) is 6.42 Å². The molecule has 0 saturated heterocycles. The lowest BCUT2D eigenvalue weighted by molar-refractivity contribution is 0.423. The summed E-state index contributed by atoms with van der Waals surface area (Å²) in [4.78, 5) is 4.14. The number of rotatable bonds is 3. The molecule has 0 radical (unpaired) electrons. The molecule has 0 spiro atoms. The molecule has 0 saturated carbocycles. The van der Waals surface area contributed by atoms with Gasteiger partial charge < -0.3 is 4.42 Å². The minimum Gasteiger partial charge on any atom is -0.446 e. The average molecular weight is 153 g/mol. The van der Waals surface area contributed by atoms with Crippen LogP contribution >= 0.6 is 0 Å². The molecule has 2 nitrogen and oxygen atoms in total. The normalized spacial score (nSPS) is 13.4. The first-order valence-electron chi connectivity index (χ1n) is 4.13. The number of hydrogen-bond acceptors (Lipinski definition) is 2. The number of nitrogens with zero attached hydrogens (tertiary/aromatic N) is 1. The Morgan fingerprint density at radius 3 is 2.82 bits per heavy atom. The molecule has 0 N–H and O–H groups in total. The maximum absolute atomic E-state index is 5.34. The molecule has 0 aliphatic heterocycles. The van der Waals surface area contributed by atoms with E-state index in [1.807, 2.05) is 6.92 Å². The lowest BCUT2D eigenvalue weighted by Crippen LogP contribution is -1.97. The van der Waals surface area contributed by atoms with Gasteiger partial charge in [-0.15, -0.1) is 0 Å². The van der Waals surface area contributed by atoms with Crippen molar-refractivity contribution in [2.24, 2.45) is 5.92 Å². The summed E-state index contributed by atoms with van der Waals surface area (Å²) < 4.78 is 5.34. The van der Waals surface area contributed by atoms with Gasteiger partial charge in [0.15, 0.2) is 5.89 Å². The Hall–Kier alpha value is -0.790. The van der Waals surface area contributed by atoms with E-state index in [0.29, 0.717) is 5.92 Å². The van der Waals surface area contributed by atoms with Crippen molar-refractivity contribution in [3.63, 3.8) is 0 Å². The maximum Gasteiger partial charge on any atom is 0.194 e. The summed E-state index contributed by atoms with van der Waals surface area (Å²) >= 11 is 0. The van der Waals surface area contributed by atoms with Crippen LogP contribution < -0.4 is 0 Å². The van der Waals surface area contributed by atoms with Crippen LogP contribution in [0.25, 0.3) is 0 Å². The quantitative estimate of drug-likeness (QED) is 0.667. The van der Waals surface area contributed by atoms with Crippen LogP contribution in [0.2, 0.25) is 0 Å². The summed E-state index contributed by atoms with van der Waals surface area (Å²) in [6.45, 7) is 6.31. The van der Waals surface area contributed by atoms with Gasteiger partial charge in [0.2, 0.25) is 0 Å². The molecular weight excluding hydrogens is 138 g/mol. The molecule has 0 aromatic carbocycles. The van der Waals surface area contributed by atoms with Crippen LogP contribution in [-0.2, 0) is 6.42 Å². The summed E-state index contributed by atoms with van der Waals surface area (Å²) in [6, 6.07) is 0. The first-order chi connectivity index (χ1) is 5.22. The molecule has 0 fully saturated rings. The molecule has 62 valence electrons. The molecule has 1 unspecified atom stereocenters. The maximum atomic E-state index is 5.34. The van der Waals surface area contributed by atoms with Crippen molar-refractivity contribution in [2.45, 2.75) is 33.6 Å². The van der Waals surface area contributed by atoms with E-state index in [-0.39, 0.29) is 0 Å². The van der Waals surface area contributed by atoms with E-state index >= 15 is 0 Å². The van der Waals surface area contributed by atoms with Gasteiger partial charge in [-0.1, -0.05) is 20.3 Å². The third-order valence-corrected chi connectivity index (χ3v) is 1.89. The first kappa shape index (κ1) is 8.31. The van der Waals surface area contributed by atoms with Gasteiger partial charge in [0, 0.05) is 6.42 Å². The van der Waals surface area contributed by atoms with Crippen LogP contribution in [0.1, 0.15) is 31.9 Å². The van der Waals surface area contributed by atoms with E-state index in [9.17, 15) is 0 Å². The van der Waals surface area contributed by atoms with Gasteiger partial charge in [-0.05, 0) is 12.8 Å². The first-order valence-corrected chi connectivity index (χ1v) is 4.13. The molecule has 0 amide bonds. The molecule has 0 bridgehead atoms. The van der Waals surface area contributed by atoms with Gasteiger partial charge in [-0.3, -0.25) is 0 Å². The van der Waals surface area contributed by atoms with Crippen molar-refractivity contribution in [2.75, 3.05) is 0 Å².